The van der Waals surface area contributed by atoms with Gasteiger partial charge in [0, 0.05) is 38.2 Å². The van der Waals surface area contributed by atoms with Gasteiger partial charge in [-0.05, 0) is 37.1 Å². The predicted molar refractivity (Wildman–Crippen MR) is 95.9 cm³/mol. The molecule has 1 aromatic carbocycles. The second-order valence-electron chi connectivity index (χ2n) is 6.48. The maximum Gasteiger partial charge on any atom is 0.260 e. The van der Waals surface area contributed by atoms with Gasteiger partial charge in [0.1, 0.15) is 11.9 Å². The first-order valence-electron chi connectivity index (χ1n) is 8.67. The molecule has 0 N–H and O–H groups in total. The highest BCUT2D eigenvalue weighted by Gasteiger charge is 2.24. The molecule has 1 amide bonds. The highest BCUT2D eigenvalue weighted by Crippen LogP contribution is 2.18. The van der Waals surface area contributed by atoms with Gasteiger partial charge in [-0.3, -0.25) is 4.79 Å². The maximum absolute atomic E-state index is 12.3. The highest BCUT2D eigenvalue weighted by atomic mass is 16.5. The summed E-state index contributed by atoms with van der Waals surface area (Å²) in [5.74, 6) is 1.41. The zero-order valence-electron chi connectivity index (χ0n) is 14.8. The molecule has 1 aliphatic rings. The van der Waals surface area contributed by atoms with Crippen molar-refractivity contribution in [3.63, 3.8) is 0 Å². The Hall–Kier alpha value is -2.56. The first-order chi connectivity index (χ1) is 12.1. The molecule has 2 heterocycles. The van der Waals surface area contributed by atoms with Gasteiger partial charge in [0.2, 0.25) is 5.88 Å². The van der Waals surface area contributed by atoms with E-state index in [1.54, 1.807) is 6.20 Å². The van der Waals surface area contributed by atoms with Gasteiger partial charge in [-0.2, -0.15) is 0 Å². The molecular weight excluding hydrogens is 316 g/mol. The van der Waals surface area contributed by atoms with Crippen LogP contribution in [0.3, 0.4) is 0 Å². The molecule has 1 aromatic heterocycles. The van der Waals surface area contributed by atoms with Gasteiger partial charge in [-0.15, -0.1) is 0 Å². The number of pyridine rings is 1. The molecule has 5 nitrogen and oxygen atoms in total. The number of rotatable bonds is 5. The Labute approximate surface area is 148 Å². The fourth-order valence-corrected chi connectivity index (χ4v) is 2.86. The molecule has 25 heavy (non-hydrogen) atoms. The van der Waals surface area contributed by atoms with Gasteiger partial charge in [0.15, 0.2) is 6.61 Å². The Morgan fingerprint density at radius 1 is 1.16 bits per heavy atom. The fraction of sp³-hybridized carbons (Fsp3) is 0.400. The molecule has 0 bridgehead atoms. The number of aryl methyl sites for hydroxylation is 2. The minimum atomic E-state index is 0.0217. The Bertz CT molecular complexity index is 707. The number of amides is 1. The molecule has 3 rings (SSSR count). The van der Waals surface area contributed by atoms with Crippen LogP contribution in [0.4, 0.5) is 0 Å². The van der Waals surface area contributed by atoms with E-state index in [1.807, 2.05) is 55.1 Å². The van der Waals surface area contributed by atoms with Crippen molar-refractivity contribution in [3.8, 4) is 11.6 Å². The molecule has 5 heteroatoms. The van der Waals surface area contributed by atoms with Crippen LogP contribution in [0.15, 0.2) is 42.6 Å². The number of carbonyl (C=O) groups excluding carboxylic acids is 1. The van der Waals surface area contributed by atoms with E-state index in [9.17, 15) is 4.79 Å². The number of likely N-dealkylation sites (tertiary alicyclic amines) is 1. The van der Waals surface area contributed by atoms with Gasteiger partial charge in [0.25, 0.3) is 5.91 Å². The lowest BCUT2D eigenvalue weighted by Crippen LogP contribution is -2.43. The van der Waals surface area contributed by atoms with Crippen molar-refractivity contribution in [1.29, 1.82) is 0 Å². The van der Waals surface area contributed by atoms with Crippen LogP contribution in [0, 0.1) is 13.8 Å². The summed E-state index contributed by atoms with van der Waals surface area (Å²) in [6.45, 7) is 5.45. The lowest BCUT2D eigenvalue weighted by Gasteiger charge is -2.31. The third kappa shape index (κ3) is 4.95. The van der Waals surface area contributed by atoms with E-state index in [2.05, 4.69) is 4.98 Å². The van der Waals surface area contributed by atoms with E-state index >= 15 is 0 Å². The summed E-state index contributed by atoms with van der Waals surface area (Å²) in [6, 6.07) is 11.6. The van der Waals surface area contributed by atoms with Gasteiger partial charge in [-0.1, -0.05) is 18.2 Å². The Morgan fingerprint density at radius 2 is 1.96 bits per heavy atom. The summed E-state index contributed by atoms with van der Waals surface area (Å²) >= 11 is 0. The van der Waals surface area contributed by atoms with Crippen LogP contribution in [-0.2, 0) is 4.79 Å². The lowest BCUT2D eigenvalue weighted by atomic mass is 10.1. The van der Waals surface area contributed by atoms with Crippen molar-refractivity contribution in [1.82, 2.24) is 9.88 Å². The number of hydrogen-bond donors (Lipinski definition) is 0. The zero-order chi connectivity index (χ0) is 17.6. The van der Waals surface area contributed by atoms with Crippen LogP contribution in [-0.4, -0.2) is 41.6 Å². The summed E-state index contributed by atoms with van der Waals surface area (Å²) < 4.78 is 11.5. The normalized spacial score (nSPS) is 15.0. The smallest absolute Gasteiger partial charge is 0.260 e. The third-order valence-corrected chi connectivity index (χ3v) is 4.32. The summed E-state index contributed by atoms with van der Waals surface area (Å²) in [6.07, 6.45) is 3.53. The van der Waals surface area contributed by atoms with E-state index in [1.165, 1.54) is 0 Å². The van der Waals surface area contributed by atoms with Crippen molar-refractivity contribution in [3.05, 3.63) is 53.7 Å². The largest absolute Gasteiger partial charge is 0.484 e. The van der Waals surface area contributed by atoms with Crippen LogP contribution in [0.25, 0.3) is 0 Å². The first-order valence-corrected chi connectivity index (χ1v) is 8.67. The van der Waals surface area contributed by atoms with E-state index in [0.29, 0.717) is 19.0 Å². The van der Waals surface area contributed by atoms with E-state index < -0.39 is 0 Å². The van der Waals surface area contributed by atoms with E-state index in [4.69, 9.17) is 9.47 Å². The number of benzene rings is 1. The van der Waals surface area contributed by atoms with Crippen molar-refractivity contribution in [2.24, 2.45) is 0 Å². The molecular formula is C20H24N2O3. The van der Waals surface area contributed by atoms with Crippen molar-refractivity contribution >= 4 is 5.91 Å². The second kappa shape index (κ2) is 8.01. The number of aromatic nitrogens is 1. The second-order valence-corrected chi connectivity index (χ2v) is 6.48. The number of ether oxygens (including phenoxy) is 2. The van der Waals surface area contributed by atoms with Gasteiger partial charge < -0.3 is 14.4 Å². The molecule has 0 saturated carbocycles. The van der Waals surface area contributed by atoms with Crippen molar-refractivity contribution in [2.45, 2.75) is 32.8 Å². The summed E-state index contributed by atoms with van der Waals surface area (Å²) in [5, 5.41) is 0. The topological polar surface area (TPSA) is 51.7 Å². The monoisotopic (exact) mass is 340 g/mol. The molecule has 0 radical (unpaired) electrons. The van der Waals surface area contributed by atoms with Crippen LogP contribution in [0.2, 0.25) is 0 Å². The Kier molecular flexibility index (Phi) is 5.53. The van der Waals surface area contributed by atoms with Crippen LogP contribution >= 0.6 is 0 Å². The molecule has 0 spiro atoms. The van der Waals surface area contributed by atoms with Crippen molar-refractivity contribution in [2.75, 3.05) is 19.7 Å². The number of carbonyl (C=O) groups is 1. The minimum absolute atomic E-state index is 0.0217. The molecule has 1 aliphatic heterocycles. The molecule has 132 valence electrons. The van der Waals surface area contributed by atoms with Gasteiger partial charge in [-0.25, -0.2) is 4.98 Å². The molecule has 2 aromatic rings. The summed E-state index contributed by atoms with van der Waals surface area (Å²) in [7, 11) is 0. The van der Waals surface area contributed by atoms with E-state index in [-0.39, 0.29) is 18.6 Å². The predicted octanol–water partition coefficient (Wildman–Crippen LogP) is 3.15. The zero-order valence-corrected chi connectivity index (χ0v) is 14.8. The van der Waals surface area contributed by atoms with Crippen molar-refractivity contribution < 1.29 is 14.3 Å². The maximum atomic E-state index is 12.3. The molecule has 1 fully saturated rings. The third-order valence-electron chi connectivity index (χ3n) is 4.32. The summed E-state index contributed by atoms with van der Waals surface area (Å²) in [5.41, 5.74) is 2.23. The molecule has 0 atom stereocenters. The molecule has 1 saturated heterocycles. The minimum Gasteiger partial charge on any atom is -0.484 e. The van der Waals surface area contributed by atoms with Crippen LogP contribution in [0.1, 0.15) is 24.0 Å². The SMILES string of the molecule is Cc1ccc(OC2CCN(C(=O)COc3cccc(C)c3)CC2)nc1. The molecule has 0 unspecified atom stereocenters. The number of hydrogen-bond acceptors (Lipinski definition) is 4. The van der Waals surface area contributed by atoms with E-state index in [0.717, 1.165) is 29.7 Å². The van der Waals surface area contributed by atoms with Crippen LogP contribution < -0.4 is 9.47 Å². The fourth-order valence-electron chi connectivity index (χ4n) is 2.86. The Morgan fingerprint density at radius 3 is 2.64 bits per heavy atom. The lowest BCUT2D eigenvalue weighted by molar-refractivity contribution is -0.135. The molecule has 0 aliphatic carbocycles. The summed E-state index contributed by atoms with van der Waals surface area (Å²) in [4.78, 5) is 18.4. The van der Waals surface area contributed by atoms with Gasteiger partial charge in [0.05, 0.1) is 0 Å². The quantitative estimate of drug-likeness (QED) is 0.839. The average Bonchev–Trinajstić information content (AvgIpc) is 2.62. The van der Waals surface area contributed by atoms with Gasteiger partial charge >= 0.3 is 0 Å². The van der Waals surface area contributed by atoms with Crippen LogP contribution in [0.5, 0.6) is 11.6 Å². The number of nitrogens with zero attached hydrogens (tertiary/aromatic N) is 2. The first kappa shape index (κ1) is 17.3. The average molecular weight is 340 g/mol. The highest BCUT2D eigenvalue weighted by molar-refractivity contribution is 5.77. The Balaban J connectivity index is 1.43. The number of piperidine rings is 1. The standard InChI is InChI=1S/C20H24N2O3/c1-15-4-3-5-18(12-15)24-14-20(23)22-10-8-17(9-11-22)25-19-7-6-16(2)13-21-19/h3-7,12-13,17H,8-11,14H2,1-2H3.